The molecule has 7 nitrogen and oxygen atoms in total. The van der Waals surface area contributed by atoms with Gasteiger partial charge in [0, 0.05) is 38.9 Å². The molecule has 0 spiro atoms. The molecular formula is C24H27FN2O5S. The van der Waals surface area contributed by atoms with E-state index in [4.69, 9.17) is 4.74 Å². The monoisotopic (exact) mass is 474 g/mol. The van der Waals surface area contributed by atoms with E-state index < -0.39 is 15.7 Å². The summed E-state index contributed by atoms with van der Waals surface area (Å²) in [6.45, 7) is 2.09. The lowest BCUT2D eigenvalue weighted by molar-refractivity contribution is -0.107. The van der Waals surface area contributed by atoms with Gasteiger partial charge < -0.3 is 19.3 Å². The zero-order chi connectivity index (χ0) is 23.6. The molecule has 0 aromatic heterocycles. The summed E-state index contributed by atoms with van der Waals surface area (Å²) in [6.07, 6.45) is 4.20. The third-order valence-corrected chi connectivity index (χ3v) is 7.13. The molecule has 1 saturated carbocycles. The maximum absolute atomic E-state index is 14.5. The number of amides is 1. The molecule has 2 fully saturated rings. The molecule has 2 aromatic rings. The summed E-state index contributed by atoms with van der Waals surface area (Å²) in [6, 6.07) is 9.15. The summed E-state index contributed by atoms with van der Waals surface area (Å²) in [5.41, 5.74) is 1.28. The van der Waals surface area contributed by atoms with Crippen molar-refractivity contribution in [3.63, 3.8) is 0 Å². The van der Waals surface area contributed by atoms with Gasteiger partial charge in [-0.05, 0) is 54.7 Å². The van der Waals surface area contributed by atoms with E-state index in [1.54, 1.807) is 23.1 Å². The number of rotatable bonds is 8. The van der Waals surface area contributed by atoms with Gasteiger partial charge in [0.15, 0.2) is 9.84 Å². The summed E-state index contributed by atoms with van der Waals surface area (Å²) < 4.78 is 44.5. The zero-order valence-corrected chi connectivity index (χ0v) is 19.3. The fourth-order valence-electron chi connectivity index (χ4n) is 3.88. The second-order valence-corrected chi connectivity index (χ2v) is 10.6. The highest BCUT2D eigenvalue weighted by Gasteiger charge is 2.28. The predicted molar refractivity (Wildman–Crippen MR) is 122 cm³/mol. The Kier molecular flexibility index (Phi) is 6.69. The van der Waals surface area contributed by atoms with Crippen molar-refractivity contribution in [3.05, 3.63) is 53.3 Å². The van der Waals surface area contributed by atoms with Gasteiger partial charge in [0.05, 0.1) is 22.8 Å². The van der Waals surface area contributed by atoms with Gasteiger partial charge in [-0.1, -0.05) is 6.07 Å². The third kappa shape index (κ3) is 5.52. The molecule has 0 unspecified atom stereocenters. The zero-order valence-electron chi connectivity index (χ0n) is 18.5. The van der Waals surface area contributed by atoms with E-state index in [1.165, 1.54) is 18.2 Å². The Morgan fingerprint density at radius 2 is 1.85 bits per heavy atom. The van der Waals surface area contributed by atoms with Crippen molar-refractivity contribution < 1.29 is 27.1 Å². The van der Waals surface area contributed by atoms with Crippen molar-refractivity contribution in [1.29, 1.82) is 0 Å². The number of aldehydes is 1. The Hall–Kier alpha value is -2.94. The third-order valence-electron chi connectivity index (χ3n) is 6.02. The maximum atomic E-state index is 14.5. The first-order valence-corrected chi connectivity index (χ1v) is 12.9. The second kappa shape index (κ2) is 9.51. The van der Waals surface area contributed by atoms with Gasteiger partial charge in [-0.3, -0.25) is 4.79 Å². The Bertz CT molecular complexity index is 1160. The van der Waals surface area contributed by atoms with Crippen LogP contribution in [0.25, 0.3) is 0 Å². The van der Waals surface area contributed by atoms with Crippen LogP contribution in [-0.4, -0.2) is 64.6 Å². The molecule has 0 radical (unpaired) electrons. The van der Waals surface area contributed by atoms with Crippen LogP contribution in [0.4, 0.5) is 10.1 Å². The summed E-state index contributed by atoms with van der Waals surface area (Å²) >= 11 is 0. The highest BCUT2D eigenvalue weighted by atomic mass is 32.2. The van der Waals surface area contributed by atoms with Gasteiger partial charge in [-0.15, -0.1) is 0 Å². The average molecular weight is 475 g/mol. The molecule has 2 aromatic carbocycles. The number of hydrogen-bond donors (Lipinski definition) is 0. The number of anilines is 1. The number of carbonyl (C=O) groups excluding carboxylic acids is 2. The van der Waals surface area contributed by atoms with E-state index >= 15 is 0 Å². The number of piperazine rings is 1. The first kappa shape index (κ1) is 23.2. The summed E-state index contributed by atoms with van der Waals surface area (Å²) in [5, 5.41) is 0. The summed E-state index contributed by atoms with van der Waals surface area (Å²) in [4.78, 5) is 27.5. The molecule has 176 valence electrons. The molecule has 1 heterocycles. The standard InChI is InChI=1S/C24H27FN2O5S/c1-33(30,31)19-5-7-23(32-16-18-2-3-18)20(15-19)24(29)27-11-9-26(10-12-27)22-6-4-17(8-13-28)14-21(22)25/h4-7,13-15,18H,2-3,8-12,16H2,1H3. The van der Waals surface area contributed by atoms with Crippen molar-refractivity contribution in [1.82, 2.24) is 4.90 Å². The number of sulfone groups is 1. The number of carbonyl (C=O) groups is 2. The molecule has 1 aliphatic heterocycles. The Morgan fingerprint density at radius 1 is 1.12 bits per heavy atom. The normalized spacial score (nSPS) is 16.5. The van der Waals surface area contributed by atoms with Crippen molar-refractivity contribution in [2.24, 2.45) is 5.92 Å². The van der Waals surface area contributed by atoms with Crippen LogP contribution in [0.2, 0.25) is 0 Å². The second-order valence-electron chi connectivity index (χ2n) is 8.62. The molecule has 0 N–H and O–H groups in total. The Morgan fingerprint density at radius 3 is 2.45 bits per heavy atom. The fraction of sp³-hybridized carbons (Fsp3) is 0.417. The van der Waals surface area contributed by atoms with Crippen LogP contribution in [-0.2, 0) is 21.1 Å². The minimum absolute atomic E-state index is 0.0701. The average Bonchev–Trinajstić information content (AvgIpc) is 3.62. The number of hydrogen-bond acceptors (Lipinski definition) is 6. The molecule has 9 heteroatoms. The van der Waals surface area contributed by atoms with Gasteiger partial charge in [0.25, 0.3) is 5.91 Å². The number of nitrogens with zero attached hydrogens (tertiary/aromatic N) is 2. The summed E-state index contributed by atoms with van der Waals surface area (Å²) in [7, 11) is -3.48. The van der Waals surface area contributed by atoms with E-state index in [-0.39, 0.29) is 22.8 Å². The number of benzene rings is 2. The van der Waals surface area contributed by atoms with Gasteiger partial charge >= 0.3 is 0 Å². The largest absolute Gasteiger partial charge is 0.492 e. The maximum Gasteiger partial charge on any atom is 0.257 e. The van der Waals surface area contributed by atoms with E-state index in [2.05, 4.69) is 0 Å². The van der Waals surface area contributed by atoms with Crippen LogP contribution in [0, 0.1) is 11.7 Å². The van der Waals surface area contributed by atoms with Crippen molar-refractivity contribution in [3.8, 4) is 5.75 Å². The Labute approximate surface area is 193 Å². The minimum Gasteiger partial charge on any atom is -0.492 e. The SMILES string of the molecule is CS(=O)(=O)c1ccc(OCC2CC2)c(C(=O)N2CCN(c3ccc(CC=O)cc3F)CC2)c1. The molecule has 2 aliphatic rings. The van der Waals surface area contributed by atoms with Gasteiger partial charge in [0.2, 0.25) is 0 Å². The quantitative estimate of drug-likeness (QED) is 0.547. The highest BCUT2D eigenvalue weighted by Crippen LogP contribution is 2.32. The minimum atomic E-state index is -3.48. The van der Waals surface area contributed by atoms with Crippen LogP contribution in [0.15, 0.2) is 41.3 Å². The number of ether oxygens (including phenoxy) is 1. The molecule has 0 bridgehead atoms. The molecule has 0 atom stereocenters. The van der Waals surface area contributed by atoms with E-state index in [9.17, 15) is 22.4 Å². The van der Waals surface area contributed by atoms with Crippen LogP contribution < -0.4 is 9.64 Å². The lowest BCUT2D eigenvalue weighted by Gasteiger charge is -2.36. The van der Waals surface area contributed by atoms with Gasteiger partial charge in [0.1, 0.15) is 17.9 Å². The topological polar surface area (TPSA) is 84.0 Å². The summed E-state index contributed by atoms with van der Waals surface area (Å²) in [5.74, 6) is 0.177. The molecule has 33 heavy (non-hydrogen) atoms. The molecule has 1 amide bonds. The molecular weight excluding hydrogens is 447 g/mol. The number of halogens is 1. The van der Waals surface area contributed by atoms with E-state index in [0.717, 1.165) is 25.4 Å². The van der Waals surface area contributed by atoms with Crippen LogP contribution in [0.1, 0.15) is 28.8 Å². The molecule has 4 rings (SSSR count). The van der Waals surface area contributed by atoms with Gasteiger partial charge in [-0.2, -0.15) is 0 Å². The smallest absolute Gasteiger partial charge is 0.257 e. The Balaban J connectivity index is 1.49. The molecule has 1 saturated heterocycles. The van der Waals surface area contributed by atoms with E-state index in [1.807, 2.05) is 4.90 Å². The van der Waals surface area contributed by atoms with Crippen LogP contribution in [0.5, 0.6) is 5.75 Å². The lowest BCUT2D eigenvalue weighted by atomic mass is 10.1. The van der Waals surface area contributed by atoms with Crippen LogP contribution >= 0.6 is 0 Å². The van der Waals surface area contributed by atoms with Crippen LogP contribution in [0.3, 0.4) is 0 Å². The van der Waals surface area contributed by atoms with Crippen molar-refractivity contribution in [2.75, 3.05) is 43.9 Å². The predicted octanol–water partition coefficient (Wildman–Crippen LogP) is 2.72. The molecule has 1 aliphatic carbocycles. The first-order chi connectivity index (χ1) is 15.8. The fourth-order valence-corrected chi connectivity index (χ4v) is 4.52. The van der Waals surface area contributed by atoms with Crippen molar-refractivity contribution in [2.45, 2.75) is 24.2 Å². The van der Waals surface area contributed by atoms with Gasteiger partial charge in [-0.25, -0.2) is 12.8 Å². The van der Waals surface area contributed by atoms with Crippen molar-refractivity contribution >= 4 is 27.7 Å². The first-order valence-electron chi connectivity index (χ1n) is 11.0. The highest BCUT2D eigenvalue weighted by molar-refractivity contribution is 7.90. The lowest BCUT2D eigenvalue weighted by Crippen LogP contribution is -2.49. The van der Waals surface area contributed by atoms with E-state index in [0.29, 0.717) is 55.7 Å².